The van der Waals surface area contributed by atoms with Gasteiger partial charge in [-0.1, -0.05) is 30.3 Å². The van der Waals surface area contributed by atoms with Crippen molar-refractivity contribution < 1.29 is 32.2 Å². The second-order valence-electron chi connectivity index (χ2n) is 7.25. The predicted molar refractivity (Wildman–Crippen MR) is 104 cm³/mol. The lowest BCUT2D eigenvalue weighted by molar-refractivity contribution is 0.0700. The van der Waals surface area contributed by atoms with Gasteiger partial charge < -0.3 is 20.9 Å². The SMILES string of the molecule is N[C@@H](CO)Cc1c(F)c(F)c(C2CNCCN2C(=O)OCc2ccccc2)c(F)c1F. The molecule has 1 fully saturated rings. The summed E-state index contributed by atoms with van der Waals surface area (Å²) in [6.45, 7) is -0.464. The Labute approximate surface area is 176 Å². The number of halogens is 4. The quantitative estimate of drug-likeness (QED) is 0.473. The van der Waals surface area contributed by atoms with Gasteiger partial charge in [-0.05, 0) is 12.0 Å². The van der Waals surface area contributed by atoms with Crippen LogP contribution in [0.15, 0.2) is 30.3 Å². The summed E-state index contributed by atoms with van der Waals surface area (Å²) in [6, 6.07) is 6.39. The molecule has 1 amide bonds. The molecule has 1 saturated heterocycles. The molecule has 3 rings (SSSR count). The van der Waals surface area contributed by atoms with Gasteiger partial charge in [0.2, 0.25) is 0 Å². The third kappa shape index (κ3) is 4.97. The largest absolute Gasteiger partial charge is 0.445 e. The molecule has 2 atom stereocenters. The van der Waals surface area contributed by atoms with E-state index in [4.69, 9.17) is 15.6 Å². The van der Waals surface area contributed by atoms with Crippen molar-refractivity contribution in [2.24, 2.45) is 5.73 Å². The first-order valence-corrected chi connectivity index (χ1v) is 9.74. The Morgan fingerprint density at radius 1 is 1.16 bits per heavy atom. The minimum absolute atomic E-state index is 0.0253. The van der Waals surface area contributed by atoms with Gasteiger partial charge in [0, 0.05) is 31.2 Å². The molecule has 0 spiro atoms. The maximum atomic E-state index is 14.8. The fourth-order valence-corrected chi connectivity index (χ4v) is 3.48. The lowest BCUT2D eigenvalue weighted by Crippen LogP contribution is -2.49. The van der Waals surface area contributed by atoms with E-state index in [0.717, 1.165) is 4.90 Å². The zero-order valence-electron chi connectivity index (χ0n) is 16.6. The van der Waals surface area contributed by atoms with E-state index >= 15 is 0 Å². The van der Waals surface area contributed by atoms with E-state index in [1.165, 1.54) is 0 Å². The summed E-state index contributed by atoms with van der Waals surface area (Å²) in [5.74, 6) is -6.40. The summed E-state index contributed by atoms with van der Waals surface area (Å²) >= 11 is 0. The van der Waals surface area contributed by atoms with Crippen molar-refractivity contribution in [2.45, 2.75) is 25.1 Å². The van der Waals surface area contributed by atoms with Crippen molar-refractivity contribution in [1.82, 2.24) is 10.2 Å². The monoisotopic (exact) mass is 441 g/mol. The molecular formula is C21H23F4N3O3. The van der Waals surface area contributed by atoms with Gasteiger partial charge in [0.25, 0.3) is 0 Å². The fourth-order valence-electron chi connectivity index (χ4n) is 3.48. The van der Waals surface area contributed by atoms with Crippen LogP contribution in [0.25, 0.3) is 0 Å². The molecule has 0 saturated carbocycles. The number of carbonyl (C=O) groups excluding carboxylic acids is 1. The molecule has 1 heterocycles. The third-order valence-corrected chi connectivity index (χ3v) is 5.11. The highest BCUT2D eigenvalue weighted by molar-refractivity contribution is 5.68. The van der Waals surface area contributed by atoms with Crippen LogP contribution in [-0.2, 0) is 17.8 Å². The number of hydrogen-bond acceptors (Lipinski definition) is 5. The van der Waals surface area contributed by atoms with Gasteiger partial charge in [0.1, 0.15) is 6.61 Å². The number of carbonyl (C=O) groups is 1. The highest BCUT2D eigenvalue weighted by Gasteiger charge is 2.37. The summed E-state index contributed by atoms with van der Waals surface area (Å²) in [7, 11) is 0. The number of nitrogens with one attached hydrogen (secondary N) is 1. The number of nitrogens with zero attached hydrogens (tertiary/aromatic N) is 1. The lowest BCUT2D eigenvalue weighted by atomic mass is 9.96. The van der Waals surface area contributed by atoms with Crippen LogP contribution in [-0.4, -0.2) is 48.4 Å². The van der Waals surface area contributed by atoms with Crippen LogP contribution in [0.3, 0.4) is 0 Å². The Morgan fingerprint density at radius 3 is 2.42 bits per heavy atom. The first-order chi connectivity index (χ1) is 14.8. The molecule has 31 heavy (non-hydrogen) atoms. The minimum atomic E-state index is -1.60. The molecule has 0 radical (unpaired) electrons. The van der Waals surface area contributed by atoms with Crippen LogP contribution in [0.1, 0.15) is 22.7 Å². The van der Waals surface area contributed by atoms with Crippen molar-refractivity contribution in [3.8, 4) is 0 Å². The van der Waals surface area contributed by atoms with Gasteiger partial charge in [0.05, 0.1) is 18.2 Å². The number of ether oxygens (including phenoxy) is 1. The van der Waals surface area contributed by atoms with Crippen LogP contribution in [0, 0.1) is 23.3 Å². The fraction of sp³-hybridized carbons (Fsp3) is 0.381. The molecule has 2 aromatic rings. The van der Waals surface area contributed by atoms with Crippen molar-refractivity contribution in [2.75, 3.05) is 26.2 Å². The molecule has 10 heteroatoms. The first-order valence-electron chi connectivity index (χ1n) is 9.74. The smallest absolute Gasteiger partial charge is 0.410 e. The highest BCUT2D eigenvalue weighted by atomic mass is 19.2. The highest BCUT2D eigenvalue weighted by Crippen LogP contribution is 2.33. The molecule has 168 valence electrons. The summed E-state index contributed by atoms with van der Waals surface area (Å²) in [5, 5.41) is 11.8. The molecule has 0 aliphatic carbocycles. The average molecular weight is 441 g/mol. The van der Waals surface area contributed by atoms with Crippen molar-refractivity contribution in [3.05, 3.63) is 70.3 Å². The standard InChI is InChI=1S/C21H23F4N3O3/c22-17-14(8-13(26)10-29)18(23)20(25)16(19(17)24)15-9-27-6-7-28(15)21(30)31-11-12-4-2-1-3-5-12/h1-5,13,15,27,29H,6-11,26H2/t13-,15?/m1/s1. The first kappa shape index (κ1) is 23.0. The van der Waals surface area contributed by atoms with Gasteiger partial charge in [-0.25, -0.2) is 22.4 Å². The summed E-state index contributed by atoms with van der Waals surface area (Å²) < 4.78 is 64.1. The summed E-state index contributed by atoms with van der Waals surface area (Å²) in [4.78, 5) is 13.6. The normalized spacial score (nSPS) is 17.5. The number of rotatable bonds is 6. The Balaban J connectivity index is 1.89. The van der Waals surface area contributed by atoms with Crippen molar-refractivity contribution in [1.29, 1.82) is 0 Å². The van der Waals surface area contributed by atoms with E-state index in [1.807, 2.05) is 0 Å². The number of amides is 1. The molecule has 1 unspecified atom stereocenters. The molecule has 2 aromatic carbocycles. The molecule has 0 aromatic heterocycles. The van der Waals surface area contributed by atoms with Gasteiger partial charge in [-0.3, -0.25) is 4.90 Å². The minimum Gasteiger partial charge on any atom is -0.445 e. The van der Waals surface area contributed by atoms with Crippen molar-refractivity contribution >= 4 is 6.09 Å². The second kappa shape index (κ2) is 10.1. The Morgan fingerprint density at radius 2 is 1.81 bits per heavy atom. The zero-order chi connectivity index (χ0) is 22.5. The number of piperazine rings is 1. The second-order valence-corrected chi connectivity index (χ2v) is 7.25. The van der Waals surface area contributed by atoms with Crippen LogP contribution in [0.5, 0.6) is 0 Å². The average Bonchev–Trinajstić information content (AvgIpc) is 2.80. The maximum Gasteiger partial charge on any atom is 0.410 e. The van der Waals surface area contributed by atoms with Crippen LogP contribution in [0.2, 0.25) is 0 Å². The molecular weight excluding hydrogens is 418 g/mol. The third-order valence-electron chi connectivity index (χ3n) is 5.11. The van der Waals surface area contributed by atoms with E-state index in [2.05, 4.69) is 5.32 Å². The molecule has 1 aliphatic heterocycles. The number of aliphatic hydroxyl groups is 1. The number of aliphatic hydroxyl groups excluding tert-OH is 1. The van der Waals surface area contributed by atoms with Gasteiger partial charge in [-0.15, -0.1) is 0 Å². The zero-order valence-corrected chi connectivity index (χ0v) is 16.6. The summed E-state index contributed by atoms with van der Waals surface area (Å²) in [5.41, 5.74) is 4.38. The number of benzene rings is 2. The molecule has 6 nitrogen and oxygen atoms in total. The van der Waals surface area contributed by atoms with E-state index in [-0.39, 0.29) is 19.7 Å². The molecule has 1 aliphatic rings. The van der Waals surface area contributed by atoms with Crippen molar-refractivity contribution in [3.63, 3.8) is 0 Å². The van der Waals surface area contributed by atoms with E-state index < -0.39 is 65.6 Å². The van der Waals surface area contributed by atoms with Gasteiger partial charge in [-0.2, -0.15) is 0 Å². The number of nitrogens with two attached hydrogens (primary N) is 1. The Bertz CT molecular complexity index is 901. The van der Waals surface area contributed by atoms with E-state index in [9.17, 15) is 22.4 Å². The molecule has 4 N–H and O–H groups in total. The van der Waals surface area contributed by atoms with Gasteiger partial charge >= 0.3 is 6.09 Å². The van der Waals surface area contributed by atoms with E-state index in [0.29, 0.717) is 12.1 Å². The van der Waals surface area contributed by atoms with Crippen LogP contribution < -0.4 is 11.1 Å². The van der Waals surface area contributed by atoms with Gasteiger partial charge in [0.15, 0.2) is 23.3 Å². The van der Waals surface area contributed by atoms with E-state index in [1.54, 1.807) is 30.3 Å². The topological polar surface area (TPSA) is 87.8 Å². The Hall–Kier alpha value is -2.69. The van der Waals surface area contributed by atoms with Crippen LogP contribution >= 0.6 is 0 Å². The Kier molecular flexibility index (Phi) is 7.47. The predicted octanol–water partition coefficient (Wildman–Crippen LogP) is 2.39. The molecule has 0 bridgehead atoms. The van der Waals surface area contributed by atoms with Crippen LogP contribution in [0.4, 0.5) is 22.4 Å². The lowest BCUT2D eigenvalue weighted by Gasteiger charge is -2.36. The number of hydrogen-bond donors (Lipinski definition) is 3. The summed E-state index contributed by atoms with van der Waals surface area (Å²) in [6.07, 6.45) is -1.45. The maximum absolute atomic E-state index is 14.8.